The van der Waals surface area contributed by atoms with E-state index in [0.717, 1.165) is 10.3 Å². The zero-order valence-corrected chi connectivity index (χ0v) is 12.8. The first-order valence-corrected chi connectivity index (χ1v) is 6.94. The first kappa shape index (κ1) is 15.1. The molecule has 0 unspecified atom stereocenters. The van der Waals surface area contributed by atoms with E-state index < -0.39 is 5.97 Å². The Kier molecular flexibility index (Phi) is 4.02. The molecule has 21 heavy (non-hydrogen) atoms. The Morgan fingerprint density at radius 3 is 2.33 bits per heavy atom. The third-order valence-electron chi connectivity index (χ3n) is 3.81. The highest BCUT2D eigenvalue weighted by molar-refractivity contribution is 5.68. The summed E-state index contributed by atoms with van der Waals surface area (Å²) >= 11 is 0. The lowest BCUT2D eigenvalue weighted by atomic mass is 10.0. The fourth-order valence-corrected chi connectivity index (χ4v) is 2.39. The number of benzene rings is 1. The number of carboxylic acids is 1. The van der Waals surface area contributed by atoms with Gasteiger partial charge in [-0.3, -0.25) is 0 Å². The minimum atomic E-state index is -0.964. The van der Waals surface area contributed by atoms with Gasteiger partial charge in [0.05, 0.1) is 5.56 Å². The van der Waals surface area contributed by atoms with Gasteiger partial charge in [0.2, 0.25) is 0 Å². The maximum Gasteiger partial charge on any atom is 0.346 e. The summed E-state index contributed by atoms with van der Waals surface area (Å²) in [4.78, 5) is 11.0. The van der Waals surface area contributed by atoms with E-state index in [0.29, 0.717) is 23.1 Å². The predicted molar refractivity (Wildman–Crippen MR) is 80.0 cm³/mol. The lowest BCUT2D eigenvalue weighted by Gasteiger charge is -2.08. The van der Waals surface area contributed by atoms with Gasteiger partial charge in [0.15, 0.2) is 6.54 Å². The molecule has 2 aromatic rings. The molecule has 1 aromatic carbocycles. The molecule has 0 saturated heterocycles. The topological polar surface area (TPSA) is 69.2 Å². The summed E-state index contributed by atoms with van der Waals surface area (Å²) in [6.07, 6.45) is 0. The highest BCUT2D eigenvalue weighted by Crippen LogP contribution is 2.23. The van der Waals surface area contributed by atoms with E-state index >= 15 is 0 Å². The van der Waals surface area contributed by atoms with Crippen molar-refractivity contribution in [1.82, 2.24) is 4.57 Å². The summed E-state index contributed by atoms with van der Waals surface area (Å²) in [5.41, 5.74) is 3.11. The van der Waals surface area contributed by atoms with Gasteiger partial charge in [-0.25, -0.2) is 14.1 Å². The molecule has 0 aliphatic carbocycles. The summed E-state index contributed by atoms with van der Waals surface area (Å²) in [5, 5.41) is 21.4. The van der Waals surface area contributed by atoms with Crippen LogP contribution >= 0.6 is 0 Å². The van der Waals surface area contributed by atoms with Crippen molar-refractivity contribution in [2.75, 3.05) is 0 Å². The quantitative estimate of drug-likeness (QED) is 0.694. The van der Waals surface area contributed by atoms with Crippen LogP contribution in [0.15, 0.2) is 24.3 Å². The third kappa shape index (κ3) is 2.77. The SMILES string of the molecule is Cc1c(C)[n+]([O-])c(-c2ccc(C(C)C)cc2)n1CC(=O)O. The Balaban J connectivity index is 2.56. The smallest absolute Gasteiger partial charge is 0.346 e. The molecule has 0 bridgehead atoms. The van der Waals surface area contributed by atoms with E-state index in [1.807, 2.05) is 24.3 Å². The van der Waals surface area contributed by atoms with Crippen LogP contribution in [0.3, 0.4) is 0 Å². The van der Waals surface area contributed by atoms with Crippen molar-refractivity contribution in [1.29, 1.82) is 0 Å². The molecule has 0 saturated carbocycles. The van der Waals surface area contributed by atoms with Crippen molar-refractivity contribution in [2.24, 2.45) is 0 Å². The van der Waals surface area contributed by atoms with Gasteiger partial charge in [0.25, 0.3) is 5.82 Å². The van der Waals surface area contributed by atoms with Crippen molar-refractivity contribution in [3.63, 3.8) is 0 Å². The molecule has 1 aromatic heterocycles. The van der Waals surface area contributed by atoms with Gasteiger partial charge in [0, 0.05) is 13.8 Å². The largest absolute Gasteiger partial charge is 0.710 e. The Labute approximate surface area is 124 Å². The van der Waals surface area contributed by atoms with Crippen molar-refractivity contribution in [3.05, 3.63) is 46.4 Å². The molecule has 2 rings (SSSR count). The summed E-state index contributed by atoms with van der Waals surface area (Å²) in [6.45, 7) is 7.45. The van der Waals surface area contributed by atoms with Crippen LogP contribution in [0.2, 0.25) is 0 Å². The van der Waals surface area contributed by atoms with E-state index in [2.05, 4.69) is 13.8 Å². The maximum absolute atomic E-state index is 12.3. The summed E-state index contributed by atoms with van der Waals surface area (Å²) in [7, 11) is 0. The lowest BCUT2D eigenvalue weighted by molar-refractivity contribution is -0.599. The van der Waals surface area contributed by atoms with E-state index in [1.165, 1.54) is 5.56 Å². The standard InChI is InChI=1S/C16H20N2O3/c1-10(2)13-5-7-14(8-6-13)16-17(9-15(19)20)11(3)12(4)18(16)21/h5-8,10H,9H2,1-4H3,(H,19,20). The molecule has 112 valence electrons. The fraction of sp³-hybridized carbons (Fsp3) is 0.375. The first-order chi connectivity index (χ1) is 9.82. The lowest BCUT2D eigenvalue weighted by Crippen LogP contribution is -2.31. The molecule has 1 heterocycles. The molecule has 1 N–H and O–H groups in total. The average Bonchev–Trinajstić information content (AvgIpc) is 2.63. The minimum Gasteiger partial charge on any atom is -0.710 e. The molecule has 5 nitrogen and oxygen atoms in total. The fourth-order valence-electron chi connectivity index (χ4n) is 2.39. The van der Waals surface area contributed by atoms with Crippen LogP contribution in [0.1, 0.15) is 36.7 Å². The van der Waals surface area contributed by atoms with Crippen LogP contribution in [-0.4, -0.2) is 15.6 Å². The van der Waals surface area contributed by atoms with Crippen LogP contribution in [0, 0.1) is 19.1 Å². The van der Waals surface area contributed by atoms with Gasteiger partial charge >= 0.3 is 5.97 Å². The van der Waals surface area contributed by atoms with Gasteiger partial charge in [0.1, 0.15) is 11.4 Å². The number of aliphatic carboxylic acids is 1. The number of hydrogen-bond acceptors (Lipinski definition) is 2. The van der Waals surface area contributed by atoms with E-state index in [9.17, 15) is 10.0 Å². The molecule has 0 spiro atoms. The summed E-state index contributed by atoms with van der Waals surface area (Å²) in [5.74, 6) is -0.177. The molecule has 0 atom stereocenters. The number of rotatable bonds is 4. The molecule has 0 amide bonds. The van der Waals surface area contributed by atoms with Crippen molar-refractivity contribution < 1.29 is 14.6 Å². The van der Waals surface area contributed by atoms with Crippen LogP contribution in [0.5, 0.6) is 0 Å². The highest BCUT2D eigenvalue weighted by atomic mass is 16.5. The molecule has 0 radical (unpaired) electrons. The molecule has 5 heteroatoms. The van der Waals surface area contributed by atoms with Crippen LogP contribution in [0.25, 0.3) is 11.4 Å². The Morgan fingerprint density at radius 1 is 1.29 bits per heavy atom. The van der Waals surface area contributed by atoms with Gasteiger partial charge in [-0.2, -0.15) is 0 Å². The molecule has 0 aliphatic rings. The number of imidazole rings is 1. The number of nitrogens with zero attached hydrogens (tertiary/aromatic N) is 2. The number of carboxylic acid groups (broad SMARTS) is 1. The van der Waals surface area contributed by atoms with Crippen LogP contribution < -0.4 is 4.73 Å². The zero-order valence-electron chi connectivity index (χ0n) is 12.8. The van der Waals surface area contributed by atoms with Crippen molar-refractivity contribution in [2.45, 2.75) is 40.2 Å². The zero-order chi connectivity index (χ0) is 15.7. The monoisotopic (exact) mass is 288 g/mol. The minimum absolute atomic E-state index is 0.219. The molecule has 0 aliphatic heterocycles. The normalized spacial score (nSPS) is 11.1. The summed E-state index contributed by atoms with van der Waals surface area (Å²) < 4.78 is 2.36. The second kappa shape index (κ2) is 5.60. The van der Waals surface area contributed by atoms with Crippen LogP contribution in [0.4, 0.5) is 0 Å². The second-order valence-corrected chi connectivity index (χ2v) is 5.55. The first-order valence-electron chi connectivity index (χ1n) is 6.94. The van der Waals surface area contributed by atoms with Crippen molar-refractivity contribution in [3.8, 4) is 11.4 Å². The molecular weight excluding hydrogens is 268 g/mol. The number of carbonyl (C=O) groups is 1. The summed E-state index contributed by atoms with van der Waals surface area (Å²) in [6, 6.07) is 7.69. The van der Waals surface area contributed by atoms with Crippen LogP contribution in [-0.2, 0) is 11.3 Å². The molecular formula is C16H20N2O3. The highest BCUT2D eigenvalue weighted by Gasteiger charge is 2.25. The van der Waals surface area contributed by atoms with Gasteiger partial charge in [-0.15, -0.1) is 0 Å². The maximum atomic E-state index is 12.3. The number of aromatic nitrogens is 2. The van der Waals surface area contributed by atoms with E-state index in [1.54, 1.807) is 18.4 Å². The van der Waals surface area contributed by atoms with E-state index in [4.69, 9.17) is 5.11 Å². The molecule has 0 fully saturated rings. The Hall–Kier alpha value is -2.30. The van der Waals surface area contributed by atoms with Crippen molar-refractivity contribution >= 4 is 5.97 Å². The third-order valence-corrected chi connectivity index (χ3v) is 3.81. The Morgan fingerprint density at radius 2 is 1.86 bits per heavy atom. The Bertz CT molecular complexity index is 670. The second-order valence-electron chi connectivity index (χ2n) is 5.55. The number of hydrogen-bond donors (Lipinski definition) is 1. The average molecular weight is 288 g/mol. The van der Waals surface area contributed by atoms with Gasteiger partial charge in [-0.1, -0.05) is 26.0 Å². The van der Waals surface area contributed by atoms with Gasteiger partial charge < -0.3 is 10.3 Å². The van der Waals surface area contributed by atoms with Gasteiger partial charge in [-0.05, 0) is 23.6 Å². The predicted octanol–water partition coefficient (Wildman–Crippen LogP) is 2.61. The van der Waals surface area contributed by atoms with E-state index in [-0.39, 0.29) is 6.54 Å².